The monoisotopic (exact) mass is 171 g/mol. The molecule has 12 heavy (non-hydrogen) atoms. The van der Waals surface area contributed by atoms with Gasteiger partial charge in [-0.15, -0.1) is 0 Å². The second-order valence-electron chi connectivity index (χ2n) is 2.90. The van der Waals surface area contributed by atoms with Gasteiger partial charge in [0, 0.05) is 13.8 Å². The van der Waals surface area contributed by atoms with Gasteiger partial charge in [0.2, 0.25) is 0 Å². The van der Waals surface area contributed by atoms with Gasteiger partial charge in [0.1, 0.15) is 0 Å². The van der Waals surface area contributed by atoms with E-state index < -0.39 is 11.7 Å². The van der Waals surface area contributed by atoms with Crippen LogP contribution in [0.25, 0.3) is 4.85 Å². The average molecular weight is 171 g/mol. The van der Waals surface area contributed by atoms with Crippen LogP contribution in [-0.2, 0) is 9.47 Å². The highest BCUT2D eigenvalue weighted by molar-refractivity contribution is 5.59. The largest absolute Gasteiger partial charge is 0.508 e. The van der Waals surface area contributed by atoms with Crippen LogP contribution in [0, 0.1) is 6.57 Å². The fourth-order valence-corrected chi connectivity index (χ4v) is 0.427. The third-order valence-electron chi connectivity index (χ3n) is 1.11. The van der Waals surface area contributed by atoms with E-state index in [1.165, 1.54) is 0 Å². The van der Waals surface area contributed by atoms with Gasteiger partial charge in [-0.2, -0.15) is 0 Å². The van der Waals surface area contributed by atoms with Crippen LogP contribution < -0.4 is 0 Å². The average Bonchev–Trinajstić information content (AvgIpc) is 2.02. The summed E-state index contributed by atoms with van der Waals surface area (Å²) in [5, 5.41) is 0. The predicted molar refractivity (Wildman–Crippen MR) is 43.7 cm³/mol. The molecule has 0 unspecified atom stereocenters. The van der Waals surface area contributed by atoms with Crippen LogP contribution in [-0.4, -0.2) is 24.9 Å². The predicted octanol–water partition coefficient (Wildman–Crippen LogP) is 1.86. The minimum Gasteiger partial charge on any atom is -0.435 e. The van der Waals surface area contributed by atoms with Crippen LogP contribution in [0.1, 0.15) is 20.8 Å². The Morgan fingerprint density at radius 2 is 2.08 bits per heavy atom. The van der Waals surface area contributed by atoms with E-state index in [-0.39, 0.29) is 13.2 Å². The second kappa shape index (κ2) is 4.60. The highest BCUT2D eigenvalue weighted by atomic mass is 16.7. The standard InChI is InChI=1S/C8H13NO3/c1-5-11-7(10)12-6-8(2,3)9-4/h5-6H2,1-3H3. The van der Waals surface area contributed by atoms with Crippen molar-refractivity contribution in [1.82, 2.24) is 0 Å². The molecular formula is C8H13NO3. The van der Waals surface area contributed by atoms with Crippen molar-refractivity contribution >= 4 is 6.16 Å². The van der Waals surface area contributed by atoms with Gasteiger partial charge >= 0.3 is 6.16 Å². The first-order chi connectivity index (χ1) is 5.52. The van der Waals surface area contributed by atoms with E-state index >= 15 is 0 Å². The Bertz CT molecular complexity index is 193. The maximum Gasteiger partial charge on any atom is 0.508 e. The minimum atomic E-state index is -0.714. The Kier molecular flexibility index (Phi) is 4.12. The highest BCUT2D eigenvalue weighted by Crippen LogP contribution is 2.08. The maximum absolute atomic E-state index is 10.7. The molecule has 0 aliphatic heterocycles. The number of ether oxygens (including phenoxy) is 2. The smallest absolute Gasteiger partial charge is 0.435 e. The van der Waals surface area contributed by atoms with E-state index in [1.807, 2.05) is 0 Å². The molecule has 0 aromatic carbocycles. The quantitative estimate of drug-likeness (QED) is 0.480. The lowest BCUT2D eigenvalue weighted by Crippen LogP contribution is -2.24. The lowest BCUT2D eigenvalue weighted by atomic mass is 10.1. The molecule has 0 radical (unpaired) electrons. The van der Waals surface area contributed by atoms with Gasteiger partial charge in [-0.25, -0.2) is 11.4 Å². The molecule has 0 atom stereocenters. The van der Waals surface area contributed by atoms with Gasteiger partial charge < -0.3 is 14.3 Å². The molecular weight excluding hydrogens is 158 g/mol. The normalized spacial score (nSPS) is 10.2. The number of carbonyl (C=O) groups is 1. The number of hydrogen-bond donors (Lipinski definition) is 0. The van der Waals surface area contributed by atoms with E-state index in [0.717, 1.165) is 0 Å². The summed E-state index contributed by atoms with van der Waals surface area (Å²) >= 11 is 0. The van der Waals surface area contributed by atoms with Crippen LogP contribution in [0.4, 0.5) is 4.79 Å². The van der Waals surface area contributed by atoms with E-state index in [0.29, 0.717) is 0 Å². The van der Waals surface area contributed by atoms with Crippen LogP contribution >= 0.6 is 0 Å². The summed E-state index contributed by atoms with van der Waals surface area (Å²) in [5.74, 6) is 0. The molecule has 0 spiro atoms. The first-order valence-electron chi connectivity index (χ1n) is 3.70. The summed E-state index contributed by atoms with van der Waals surface area (Å²) in [4.78, 5) is 13.9. The number of carbonyl (C=O) groups excluding carboxylic acids is 1. The molecule has 0 amide bonds. The molecule has 0 aliphatic rings. The lowest BCUT2D eigenvalue weighted by molar-refractivity contribution is 0.0507. The van der Waals surface area contributed by atoms with Crippen molar-refractivity contribution in [3.8, 4) is 0 Å². The van der Waals surface area contributed by atoms with Gasteiger partial charge in [0.15, 0.2) is 6.61 Å². The molecule has 0 rings (SSSR count). The summed E-state index contributed by atoms with van der Waals surface area (Å²) in [5.41, 5.74) is -0.660. The van der Waals surface area contributed by atoms with Gasteiger partial charge in [0.25, 0.3) is 5.54 Å². The SMILES string of the molecule is [C-]#[N+]C(C)(C)COC(=O)OCC. The first-order valence-corrected chi connectivity index (χ1v) is 3.70. The van der Waals surface area contributed by atoms with Crippen molar-refractivity contribution in [2.45, 2.75) is 26.3 Å². The molecule has 0 saturated heterocycles. The topological polar surface area (TPSA) is 39.9 Å². The lowest BCUT2D eigenvalue weighted by Gasteiger charge is -2.10. The molecule has 4 heteroatoms. The first kappa shape index (κ1) is 10.8. The minimum absolute atomic E-state index is 0.0648. The van der Waals surface area contributed by atoms with Gasteiger partial charge in [-0.05, 0) is 6.92 Å². The Morgan fingerprint density at radius 3 is 2.50 bits per heavy atom. The van der Waals surface area contributed by atoms with Crippen molar-refractivity contribution in [3.05, 3.63) is 11.4 Å². The Balaban J connectivity index is 3.70. The van der Waals surface area contributed by atoms with Gasteiger partial charge in [0.05, 0.1) is 6.61 Å². The van der Waals surface area contributed by atoms with E-state index in [4.69, 9.17) is 6.57 Å². The van der Waals surface area contributed by atoms with E-state index in [2.05, 4.69) is 14.3 Å². The van der Waals surface area contributed by atoms with Crippen molar-refractivity contribution < 1.29 is 14.3 Å². The van der Waals surface area contributed by atoms with Crippen molar-refractivity contribution in [3.63, 3.8) is 0 Å². The zero-order valence-corrected chi connectivity index (χ0v) is 7.59. The fraction of sp³-hybridized carbons (Fsp3) is 0.750. The number of rotatable bonds is 3. The molecule has 0 aromatic heterocycles. The third kappa shape index (κ3) is 4.56. The van der Waals surface area contributed by atoms with Gasteiger partial charge in [-0.3, -0.25) is 0 Å². The molecule has 0 fully saturated rings. The number of nitrogens with zero attached hydrogens (tertiary/aromatic N) is 1. The fourth-order valence-electron chi connectivity index (χ4n) is 0.427. The zero-order valence-electron chi connectivity index (χ0n) is 7.59. The molecule has 0 aliphatic carbocycles. The van der Waals surface area contributed by atoms with Crippen molar-refractivity contribution in [2.75, 3.05) is 13.2 Å². The summed E-state index contributed by atoms with van der Waals surface area (Å²) in [6, 6.07) is 0. The Hall–Kier alpha value is -1.24. The summed E-state index contributed by atoms with van der Waals surface area (Å²) in [7, 11) is 0. The van der Waals surface area contributed by atoms with Gasteiger partial charge in [-0.1, -0.05) is 0 Å². The molecule has 68 valence electrons. The highest BCUT2D eigenvalue weighted by Gasteiger charge is 2.25. The summed E-state index contributed by atoms with van der Waals surface area (Å²) in [6.45, 7) is 12.2. The van der Waals surface area contributed by atoms with Crippen molar-refractivity contribution in [1.29, 1.82) is 0 Å². The zero-order chi connectivity index (χ0) is 9.61. The van der Waals surface area contributed by atoms with E-state index in [9.17, 15) is 4.79 Å². The third-order valence-corrected chi connectivity index (χ3v) is 1.11. The molecule has 0 saturated carbocycles. The summed E-state index contributed by atoms with van der Waals surface area (Å²) in [6.07, 6.45) is -0.714. The molecule has 0 N–H and O–H groups in total. The summed E-state index contributed by atoms with van der Waals surface area (Å²) < 4.78 is 9.18. The molecule has 4 nitrogen and oxygen atoms in total. The Morgan fingerprint density at radius 1 is 1.50 bits per heavy atom. The van der Waals surface area contributed by atoms with Crippen LogP contribution in [0.2, 0.25) is 0 Å². The second-order valence-corrected chi connectivity index (χ2v) is 2.90. The Labute approximate surface area is 72.3 Å². The molecule has 0 bridgehead atoms. The van der Waals surface area contributed by atoms with Crippen molar-refractivity contribution in [2.24, 2.45) is 0 Å². The van der Waals surface area contributed by atoms with E-state index in [1.54, 1.807) is 20.8 Å². The van der Waals surface area contributed by atoms with Crippen LogP contribution in [0.5, 0.6) is 0 Å². The maximum atomic E-state index is 10.7. The molecule has 0 heterocycles. The van der Waals surface area contributed by atoms with Crippen LogP contribution in [0.3, 0.4) is 0 Å². The van der Waals surface area contributed by atoms with Crippen LogP contribution in [0.15, 0.2) is 0 Å². The molecule has 0 aromatic rings. The number of hydrogen-bond acceptors (Lipinski definition) is 3.